The number of benzodiazepines with no additional fused rings is 1. The number of aliphatic imine (C=N–C) groups is 1. The van der Waals surface area contributed by atoms with Gasteiger partial charge < -0.3 is 5.32 Å². The van der Waals surface area contributed by atoms with Gasteiger partial charge in [-0.2, -0.15) is 0 Å². The van der Waals surface area contributed by atoms with Crippen LogP contribution in [0.25, 0.3) is 6.08 Å². The summed E-state index contributed by atoms with van der Waals surface area (Å²) < 4.78 is 1.86. The summed E-state index contributed by atoms with van der Waals surface area (Å²) in [7, 11) is 0. The quantitative estimate of drug-likeness (QED) is 0.379. The number of carbonyl (C=O) groups excluding carboxylic acids is 1. The Morgan fingerprint density at radius 2 is 1.61 bits per heavy atom. The lowest BCUT2D eigenvalue weighted by Gasteiger charge is -2.11. The van der Waals surface area contributed by atoms with Gasteiger partial charge in [-0.25, -0.2) is 4.99 Å². The number of anilines is 1. The molecule has 0 fully saturated rings. The van der Waals surface area contributed by atoms with E-state index in [-0.39, 0.29) is 5.91 Å². The average molecular weight is 517 g/mol. The second-order valence-electron chi connectivity index (χ2n) is 6.17. The maximum atomic E-state index is 12.9. The summed E-state index contributed by atoms with van der Waals surface area (Å²) in [4.78, 5) is 17.6. The van der Waals surface area contributed by atoms with Crippen LogP contribution in [0.15, 0.2) is 86.4 Å². The molecule has 1 amide bonds. The zero-order valence-electron chi connectivity index (χ0n) is 14.4. The van der Waals surface area contributed by atoms with Gasteiger partial charge in [0.1, 0.15) is 5.70 Å². The SMILES string of the molecule is O=C1Nc2ccc(Br)cc2C(c2ccccc2Cl)=N/C1=C/c1ccc(Br)cc1. The molecule has 1 N–H and O–H groups in total. The molecule has 0 radical (unpaired) electrons. The summed E-state index contributed by atoms with van der Waals surface area (Å²) in [5.74, 6) is -0.270. The van der Waals surface area contributed by atoms with E-state index in [1.165, 1.54) is 0 Å². The van der Waals surface area contributed by atoms with Crippen molar-refractivity contribution >= 4 is 66.8 Å². The molecule has 3 nitrogen and oxygen atoms in total. The van der Waals surface area contributed by atoms with Crippen molar-refractivity contribution in [1.29, 1.82) is 0 Å². The molecule has 0 saturated heterocycles. The molecule has 0 unspecified atom stereocenters. The summed E-state index contributed by atoms with van der Waals surface area (Å²) in [6, 6.07) is 20.8. The molecule has 1 aliphatic rings. The van der Waals surface area contributed by atoms with Gasteiger partial charge in [0, 0.05) is 25.1 Å². The largest absolute Gasteiger partial charge is 0.320 e. The highest BCUT2D eigenvalue weighted by Gasteiger charge is 2.23. The lowest BCUT2D eigenvalue weighted by Crippen LogP contribution is -2.12. The molecule has 1 aliphatic heterocycles. The van der Waals surface area contributed by atoms with Crippen molar-refractivity contribution in [1.82, 2.24) is 0 Å². The minimum Gasteiger partial charge on any atom is -0.320 e. The van der Waals surface area contributed by atoms with Crippen molar-refractivity contribution in [2.45, 2.75) is 0 Å². The number of nitrogens with zero attached hydrogens (tertiary/aromatic N) is 1. The second-order valence-corrected chi connectivity index (χ2v) is 8.40. The van der Waals surface area contributed by atoms with E-state index in [9.17, 15) is 4.79 Å². The number of rotatable bonds is 2. The summed E-state index contributed by atoms with van der Waals surface area (Å²) in [5.41, 5.74) is 4.08. The Labute approximate surface area is 184 Å². The van der Waals surface area contributed by atoms with Crippen LogP contribution >= 0.6 is 43.5 Å². The Balaban J connectivity index is 1.94. The third kappa shape index (κ3) is 3.97. The van der Waals surface area contributed by atoms with Crippen LogP contribution in [0.4, 0.5) is 5.69 Å². The third-order valence-corrected chi connectivity index (χ3v) is 5.60. The average Bonchev–Trinajstić information content (AvgIpc) is 2.81. The predicted octanol–water partition coefficient (Wildman–Crippen LogP) is 6.70. The van der Waals surface area contributed by atoms with Gasteiger partial charge in [0.25, 0.3) is 5.91 Å². The first-order valence-corrected chi connectivity index (χ1v) is 10.4. The van der Waals surface area contributed by atoms with Gasteiger partial charge >= 0.3 is 0 Å². The molecule has 0 aromatic heterocycles. The summed E-state index contributed by atoms with van der Waals surface area (Å²) >= 11 is 13.4. The predicted molar refractivity (Wildman–Crippen MR) is 122 cm³/mol. The fraction of sp³-hybridized carbons (Fsp3) is 0. The number of carbonyl (C=O) groups is 1. The van der Waals surface area contributed by atoms with Gasteiger partial charge in [-0.3, -0.25) is 4.79 Å². The van der Waals surface area contributed by atoms with Crippen LogP contribution in [0.2, 0.25) is 5.02 Å². The van der Waals surface area contributed by atoms with E-state index in [2.05, 4.69) is 37.2 Å². The van der Waals surface area contributed by atoms with Gasteiger partial charge in [0.15, 0.2) is 0 Å². The van der Waals surface area contributed by atoms with Gasteiger partial charge in [0.05, 0.1) is 11.4 Å². The number of hydrogen-bond donors (Lipinski definition) is 1. The molecular weight excluding hydrogens is 504 g/mol. The maximum Gasteiger partial charge on any atom is 0.274 e. The molecule has 0 bridgehead atoms. The van der Waals surface area contributed by atoms with E-state index in [1.54, 1.807) is 6.08 Å². The lowest BCUT2D eigenvalue weighted by molar-refractivity contribution is -0.112. The highest BCUT2D eigenvalue weighted by atomic mass is 79.9. The Morgan fingerprint density at radius 3 is 2.36 bits per heavy atom. The second kappa shape index (κ2) is 8.03. The van der Waals surface area contributed by atoms with Gasteiger partial charge in [0.2, 0.25) is 0 Å². The minimum absolute atomic E-state index is 0.270. The summed E-state index contributed by atoms with van der Waals surface area (Å²) in [6.07, 6.45) is 1.76. The first-order valence-electron chi connectivity index (χ1n) is 8.43. The Bertz CT molecular complexity index is 1140. The van der Waals surface area contributed by atoms with Crippen molar-refractivity contribution in [3.05, 3.63) is 103 Å². The smallest absolute Gasteiger partial charge is 0.274 e. The van der Waals surface area contributed by atoms with E-state index >= 15 is 0 Å². The van der Waals surface area contributed by atoms with E-state index in [1.807, 2.05) is 66.7 Å². The number of nitrogens with one attached hydrogen (secondary N) is 1. The van der Waals surface area contributed by atoms with Crippen LogP contribution in [0.3, 0.4) is 0 Å². The third-order valence-electron chi connectivity index (χ3n) is 4.25. The summed E-state index contributed by atoms with van der Waals surface area (Å²) in [5, 5.41) is 3.53. The van der Waals surface area contributed by atoms with Crippen LogP contribution in [0, 0.1) is 0 Å². The number of fused-ring (bicyclic) bond motifs is 1. The lowest BCUT2D eigenvalue weighted by atomic mass is 10.0. The molecule has 0 spiro atoms. The van der Waals surface area contributed by atoms with E-state index in [4.69, 9.17) is 16.6 Å². The number of hydrogen-bond acceptors (Lipinski definition) is 2. The first kappa shape index (κ1) is 19.1. The Morgan fingerprint density at radius 1 is 0.893 bits per heavy atom. The molecule has 0 saturated carbocycles. The zero-order valence-corrected chi connectivity index (χ0v) is 18.3. The van der Waals surface area contributed by atoms with E-state index in [0.717, 1.165) is 25.6 Å². The van der Waals surface area contributed by atoms with Crippen molar-refractivity contribution in [2.24, 2.45) is 4.99 Å². The van der Waals surface area contributed by atoms with Crippen LogP contribution in [-0.2, 0) is 4.79 Å². The molecule has 0 atom stereocenters. The fourth-order valence-corrected chi connectivity index (χ4v) is 3.76. The molecule has 4 rings (SSSR count). The molecule has 1 heterocycles. The van der Waals surface area contributed by atoms with Crippen LogP contribution in [0.1, 0.15) is 16.7 Å². The highest BCUT2D eigenvalue weighted by molar-refractivity contribution is 9.10. The zero-order chi connectivity index (χ0) is 19.7. The molecule has 6 heteroatoms. The maximum absolute atomic E-state index is 12.9. The van der Waals surface area contributed by atoms with E-state index < -0.39 is 0 Å². The monoisotopic (exact) mass is 514 g/mol. The van der Waals surface area contributed by atoms with Crippen molar-refractivity contribution < 1.29 is 4.79 Å². The topological polar surface area (TPSA) is 41.5 Å². The van der Waals surface area contributed by atoms with Crippen molar-refractivity contribution in [3.63, 3.8) is 0 Å². The van der Waals surface area contributed by atoms with Crippen molar-refractivity contribution in [2.75, 3.05) is 5.32 Å². The molecule has 3 aromatic carbocycles. The molecule has 0 aliphatic carbocycles. The van der Waals surface area contributed by atoms with Crippen LogP contribution in [0.5, 0.6) is 0 Å². The van der Waals surface area contributed by atoms with Gasteiger partial charge in [-0.1, -0.05) is 73.8 Å². The normalized spacial score (nSPS) is 14.9. The molecule has 3 aromatic rings. The molecule has 28 heavy (non-hydrogen) atoms. The standard InChI is InChI=1S/C22H13Br2ClN2O/c23-14-7-5-13(6-8-14)11-20-22(28)27-19-10-9-15(24)12-17(19)21(26-20)16-3-1-2-4-18(16)25/h1-12H,(H,27,28)/b20-11+. The summed E-state index contributed by atoms with van der Waals surface area (Å²) in [6.45, 7) is 0. The number of benzene rings is 3. The number of halogens is 3. The first-order chi connectivity index (χ1) is 13.5. The molecular formula is C22H13Br2ClN2O. The minimum atomic E-state index is -0.270. The Hall–Kier alpha value is -2.21. The van der Waals surface area contributed by atoms with E-state index in [0.29, 0.717) is 22.1 Å². The Kier molecular flexibility index (Phi) is 5.49. The van der Waals surface area contributed by atoms with Crippen LogP contribution in [-0.4, -0.2) is 11.6 Å². The highest BCUT2D eigenvalue weighted by Crippen LogP contribution is 2.31. The van der Waals surface area contributed by atoms with Crippen molar-refractivity contribution in [3.8, 4) is 0 Å². The van der Waals surface area contributed by atoms with Crippen LogP contribution < -0.4 is 5.32 Å². The number of amides is 1. The molecule has 138 valence electrons. The van der Waals surface area contributed by atoms with Gasteiger partial charge in [-0.05, 0) is 48.0 Å². The van der Waals surface area contributed by atoms with Gasteiger partial charge in [-0.15, -0.1) is 0 Å². The fourth-order valence-electron chi connectivity index (χ4n) is 2.91.